The van der Waals surface area contributed by atoms with Gasteiger partial charge in [-0.1, -0.05) is 6.07 Å². The van der Waals surface area contributed by atoms with Gasteiger partial charge in [0.2, 0.25) is 0 Å². The predicted octanol–water partition coefficient (Wildman–Crippen LogP) is 2.85. The highest BCUT2D eigenvalue weighted by Crippen LogP contribution is 2.26. The molecule has 6 heteroatoms. The van der Waals surface area contributed by atoms with Crippen molar-refractivity contribution < 1.29 is 4.74 Å². The van der Waals surface area contributed by atoms with E-state index in [1.165, 1.54) is 10.6 Å². The van der Waals surface area contributed by atoms with Crippen molar-refractivity contribution >= 4 is 22.7 Å². The van der Waals surface area contributed by atoms with Crippen molar-refractivity contribution in [3.63, 3.8) is 0 Å². The lowest BCUT2D eigenvalue weighted by Gasteiger charge is -2.22. The molecule has 0 aromatic carbocycles. The minimum Gasteiger partial charge on any atom is -0.375 e. The molecule has 2 aliphatic rings. The molecule has 0 N–H and O–H groups in total. The molecule has 2 atom stereocenters. The first kappa shape index (κ1) is 15.7. The molecule has 0 bridgehead atoms. The van der Waals surface area contributed by atoms with E-state index in [2.05, 4.69) is 44.6 Å². The Morgan fingerprint density at radius 2 is 2.13 bits per heavy atom. The first-order chi connectivity index (χ1) is 11.3. The van der Waals surface area contributed by atoms with Gasteiger partial charge in [0.25, 0.3) is 0 Å². The number of hydrogen-bond acceptors (Lipinski definition) is 6. The molecule has 2 aliphatic heterocycles. The lowest BCUT2D eigenvalue weighted by atomic mass is 10.1. The van der Waals surface area contributed by atoms with Crippen molar-refractivity contribution in [2.45, 2.75) is 26.1 Å². The summed E-state index contributed by atoms with van der Waals surface area (Å²) in [7, 11) is 0. The van der Waals surface area contributed by atoms with E-state index in [0.29, 0.717) is 12.0 Å². The Morgan fingerprint density at radius 3 is 2.91 bits per heavy atom. The van der Waals surface area contributed by atoms with Crippen LogP contribution in [0.4, 0.5) is 0 Å². The molecule has 2 saturated heterocycles. The standard InChI is InChI=1S/C17H23N3OS2/c1-13-18-15(12-23-13)9-19-4-5-21-17-11-20(8-14(17)7-19)10-16-3-2-6-22-16/h2-3,6,12,14,17H,4-5,7-11H2,1H3/t14-,17+/m0/s1. The van der Waals surface area contributed by atoms with E-state index in [4.69, 9.17) is 4.74 Å². The Kier molecular flexibility index (Phi) is 4.78. The van der Waals surface area contributed by atoms with Gasteiger partial charge in [0.05, 0.1) is 23.4 Å². The summed E-state index contributed by atoms with van der Waals surface area (Å²) in [5.41, 5.74) is 1.21. The topological polar surface area (TPSA) is 28.6 Å². The van der Waals surface area contributed by atoms with Crippen molar-refractivity contribution in [2.24, 2.45) is 5.92 Å². The minimum atomic E-state index is 0.400. The second-order valence-electron chi connectivity index (χ2n) is 6.54. The molecule has 0 radical (unpaired) electrons. The number of fused-ring (bicyclic) bond motifs is 1. The van der Waals surface area contributed by atoms with E-state index in [9.17, 15) is 0 Å². The number of aromatic nitrogens is 1. The van der Waals surface area contributed by atoms with E-state index in [1.807, 2.05) is 11.3 Å². The van der Waals surface area contributed by atoms with Crippen LogP contribution < -0.4 is 0 Å². The van der Waals surface area contributed by atoms with Gasteiger partial charge in [0.15, 0.2) is 0 Å². The molecule has 4 nitrogen and oxygen atoms in total. The molecule has 0 unspecified atom stereocenters. The van der Waals surface area contributed by atoms with Crippen molar-refractivity contribution in [1.82, 2.24) is 14.8 Å². The van der Waals surface area contributed by atoms with Crippen molar-refractivity contribution in [2.75, 3.05) is 32.8 Å². The van der Waals surface area contributed by atoms with Gasteiger partial charge in [0.1, 0.15) is 0 Å². The fourth-order valence-corrected chi connectivity index (χ4v) is 5.00. The Bertz CT molecular complexity index is 628. The van der Waals surface area contributed by atoms with Gasteiger partial charge in [-0.05, 0) is 18.4 Å². The molecule has 2 aromatic heterocycles. The lowest BCUT2D eigenvalue weighted by Crippen LogP contribution is -2.32. The summed E-state index contributed by atoms with van der Waals surface area (Å²) in [5, 5.41) is 5.51. The highest BCUT2D eigenvalue weighted by atomic mass is 32.1. The van der Waals surface area contributed by atoms with Crippen LogP contribution in [0.5, 0.6) is 0 Å². The maximum atomic E-state index is 6.15. The Balaban J connectivity index is 1.36. The fourth-order valence-electron chi connectivity index (χ4n) is 3.65. The van der Waals surface area contributed by atoms with Gasteiger partial charge in [-0.25, -0.2) is 4.98 Å². The van der Waals surface area contributed by atoms with Crippen LogP contribution in [0.1, 0.15) is 15.6 Å². The van der Waals surface area contributed by atoms with Gasteiger partial charge < -0.3 is 4.74 Å². The van der Waals surface area contributed by atoms with E-state index in [0.717, 1.165) is 50.9 Å². The average molecular weight is 350 g/mol. The molecular weight excluding hydrogens is 326 g/mol. The molecule has 4 heterocycles. The van der Waals surface area contributed by atoms with Crippen molar-refractivity contribution in [3.8, 4) is 0 Å². The normalized spacial score (nSPS) is 26.3. The number of rotatable bonds is 4. The highest BCUT2D eigenvalue weighted by Gasteiger charge is 2.36. The molecule has 0 aliphatic carbocycles. The maximum absolute atomic E-state index is 6.15. The van der Waals surface area contributed by atoms with Crippen molar-refractivity contribution in [1.29, 1.82) is 0 Å². The molecule has 0 spiro atoms. The molecule has 0 amide bonds. The number of nitrogens with zero attached hydrogens (tertiary/aromatic N) is 3. The molecule has 23 heavy (non-hydrogen) atoms. The van der Waals surface area contributed by atoms with E-state index in [1.54, 1.807) is 11.3 Å². The summed E-state index contributed by atoms with van der Waals surface area (Å²) < 4.78 is 6.15. The van der Waals surface area contributed by atoms with Crippen LogP contribution in [0.3, 0.4) is 0 Å². The van der Waals surface area contributed by atoms with Gasteiger partial charge >= 0.3 is 0 Å². The zero-order valence-corrected chi connectivity index (χ0v) is 15.1. The lowest BCUT2D eigenvalue weighted by molar-refractivity contribution is 0.0510. The third kappa shape index (κ3) is 3.83. The molecular formula is C17H23N3OS2. The number of thiophene rings is 1. The monoisotopic (exact) mass is 349 g/mol. The van der Waals surface area contributed by atoms with Gasteiger partial charge in [-0.3, -0.25) is 9.80 Å². The van der Waals surface area contributed by atoms with Crippen LogP contribution in [0.15, 0.2) is 22.9 Å². The third-order valence-corrected chi connectivity index (χ3v) is 6.38. The van der Waals surface area contributed by atoms with Crippen LogP contribution in [0.2, 0.25) is 0 Å². The average Bonchev–Trinajstić information content (AvgIpc) is 3.22. The van der Waals surface area contributed by atoms with Crippen LogP contribution in [0, 0.1) is 12.8 Å². The van der Waals surface area contributed by atoms with E-state index < -0.39 is 0 Å². The summed E-state index contributed by atoms with van der Waals surface area (Å²) in [4.78, 5) is 11.1. The van der Waals surface area contributed by atoms with E-state index in [-0.39, 0.29) is 0 Å². The molecule has 124 valence electrons. The Labute approximate surface area is 145 Å². The third-order valence-electron chi connectivity index (χ3n) is 4.70. The molecule has 0 saturated carbocycles. The summed E-state index contributed by atoms with van der Waals surface area (Å²) in [6.45, 7) is 9.32. The Hall–Kier alpha value is -0.790. The zero-order chi connectivity index (χ0) is 15.6. The number of thiazole rings is 1. The molecule has 4 rings (SSSR count). The second kappa shape index (κ2) is 6.99. The summed E-state index contributed by atoms with van der Waals surface area (Å²) in [6.07, 6.45) is 0.400. The van der Waals surface area contributed by atoms with E-state index >= 15 is 0 Å². The largest absolute Gasteiger partial charge is 0.375 e. The second-order valence-corrected chi connectivity index (χ2v) is 8.63. The smallest absolute Gasteiger partial charge is 0.0897 e. The van der Waals surface area contributed by atoms with Gasteiger partial charge in [0, 0.05) is 55.4 Å². The van der Waals surface area contributed by atoms with Gasteiger partial charge in [-0.2, -0.15) is 0 Å². The number of hydrogen-bond donors (Lipinski definition) is 0. The van der Waals surface area contributed by atoms with Crippen LogP contribution in [-0.2, 0) is 17.8 Å². The van der Waals surface area contributed by atoms with Crippen molar-refractivity contribution in [3.05, 3.63) is 38.5 Å². The summed E-state index contributed by atoms with van der Waals surface area (Å²) >= 11 is 3.60. The zero-order valence-electron chi connectivity index (χ0n) is 13.5. The fraction of sp³-hybridized carbons (Fsp3) is 0.588. The number of aryl methyl sites for hydroxylation is 1. The first-order valence-electron chi connectivity index (χ1n) is 8.26. The molecule has 2 fully saturated rings. The van der Waals surface area contributed by atoms with Crippen LogP contribution in [-0.4, -0.2) is 53.7 Å². The quantitative estimate of drug-likeness (QED) is 0.849. The number of ether oxygens (including phenoxy) is 1. The highest BCUT2D eigenvalue weighted by molar-refractivity contribution is 7.10. The number of likely N-dealkylation sites (tertiary alicyclic amines) is 1. The van der Waals surface area contributed by atoms with Crippen LogP contribution >= 0.6 is 22.7 Å². The molecule has 2 aromatic rings. The Morgan fingerprint density at radius 1 is 1.22 bits per heavy atom. The summed E-state index contributed by atoms with van der Waals surface area (Å²) in [6, 6.07) is 4.37. The SMILES string of the molecule is Cc1nc(CN2CCO[C@@H]3CN(Cc4cccs4)C[C@@H]3C2)cs1. The van der Waals surface area contributed by atoms with Gasteiger partial charge in [-0.15, -0.1) is 22.7 Å². The summed E-state index contributed by atoms with van der Waals surface area (Å²) in [5.74, 6) is 0.622. The maximum Gasteiger partial charge on any atom is 0.0897 e. The minimum absolute atomic E-state index is 0.400. The predicted molar refractivity (Wildman–Crippen MR) is 95.0 cm³/mol. The first-order valence-corrected chi connectivity index (χ1v) is 10.0. The van der Waals surface area contributed by atoms with Crippen LogP contribution in [0.25, 0.3) is 0 Å².